The lowest BCUT2D eigenvalue weighted by Gasteiger charge is -2.08. The van der Waals surface area contributed by atoms with Gasteiger partial charge in [0.1, 0.15) is 10.6 Å². The minimum atomic E-state index is -3.84. The van der Waals surface area contributed by atoms with E-state index in [4.69, 9.17) is 0 Å². The molecule has 1 aromatic carbocycles. The molecule has 0 spiro atoms. The number of ketones is 1. The highest BCUT2D eigenvalue weighted by atomic mass is 32.2. The van der Waals surface area contributed by atoms with Gasteiger partial charge < -0.3 is 9.84 Å². The van der Waals surface area contributed by atoms with E-state index in [1.807, 2.05) is 0 Å². The molecule has 0 bridgehead atoms. The Labute approximate surface area is 104 Å². The normalized spacial score (nSPS) is 11.0. The highest BCUT2D eigenvalue weighted by Gasteiger charge is 2.27. The van der Waals surface area contributed by atoms with Crippen LogP contribution < -0.4 is 0 Å². The second-order valence-corrected chi connectivity index (χ2v) is 5.43. The molecule has 0 saturated carbocycles. The molecule has 0 aliphatic heterocycles. The van der Waals surface area contributed by atoms with Gasteiger partial charge in [-0.2, -0.15) is 0 Å². The molecule has 0 unspecified atom stereocenters. The molecule has 1 N–H and O–H groups in total. The fourth-order valence-corrected chi connectivity index (χ4v) is 2.41. The van der Waals surface area contributed by atoms with E-state index in [2.05, 4.69) is 4.74 Å². The average molecular weight is 272 g/mol. The van der Waals surface area contributed by atoms with Gasteiger partial charge in [-0.25, -0.2) is 13.2 Å². The summed E-state index contributed by atoms with van der Waals surface area (Å²) in [7, 11) is -3.84. The van der Waals surface area contributed by atoms with E-state index in [-0.39, 0.29) is 6.61 Å². The van der Waals surface area contributed by atoms with Crippen molar-refractivity contribution < 1.29 is 27.9 Å². The van der Waals surface area contributed by atoms with Crippen molar-refractivity contribution in [3.05, 3.63) is 23.8 Å². The minimum absolute atomic E-state index is 0.00238. The van der Waals surface area contributed by atoms with Crippen molar-refractivity contribution in [2.75, 3.05) is 12.9 Å². The van der Waals surface area contributed by atoms with Gasteiger partial charge in [-0.1, -0.05) is 6.07 Å². The number of aromatic hydroxyl groups is 1. The monoisotopic (exact) mass is 272 g/mol. The van der Waals surface area contributed by atoms with Crippen molar-refractivity contribution in [1.29, 1.82) is 0 Å². The van der Waals surface area contributed by atoms with Gasteiger partial charge in [0, 0.05) is 6.26 Å². The van der Waals surface area contributed by atoms with Crippen LogP contribution in [0.1, 0.15) is 17.3 Å². The number of carbonyl (C=O) groups is 2. The van der Waals surface area contributed by atoms with Gasteiger partial charge >= 0.3 is 5.97 Å². The van der Waals surface area contributed by atoms with Gasteiger partial charge in [0.05, 0.1) is 12.2 Å². The molecule has 0 atom stereocenters. The Kier molecular flexibility index (Phi) is 4.07. The molecule has 7 heteroatoms. The number of esters is 1. The van der Waals surface area contributed by atoms with Crippen LogP contribution in [0.15, 0.2) is 23.1 Å². The number of Topliss-reactive ketones (excluding diaryl/α,β-unsaturated/α-hetero) is 1. The molecule has 98 valence electrons. The van der Waals surface area contributed by atoms with Crippen LogP contribution >= 0.6 is 0 Å². The zero-order chi connectivity index (χ0) is 13.9. The van der Waals surface area contributed by atoms with Crippen LogP contribution in [0, 0.1) is 0 Å². The Morgan fingerprint density at radius 1 is 1.33 bits per heavy atom. The summed E-state index contributed by atoms with van der Waals surface area (Å²) in [6, 6.07) is 3.55. The predicted molar refractivity (Wildman–Crippen MR) is 62.2 cm³/mol. The van der Waals surface area contributed by atoms with E-state index in [1.165, 1.54) is 13.0 Å². The molecule has 18 heavy (non-hydrogen) atoms. The number of rotatable bonds is 4. The third-order valence-electron chi connectivity index (χ3n) is 2.07. The highest BCUT2D eigenvalue weighted by molar-refractivity contribution is 7.90. The molecule has 0 aliphatic rings. The van der Waals surface area contributed by atoms with E-state index < -0.39 is 37.8 Å². The Bertz CT molecular complexity index is 588. The zero-order valence-corrected chi connectivity index (χ0v) is 10.7. The Hall–Kier alpha value is -1.89. The average Bonchev–Trinajstić information content (AvgIpc) is 2.26. The van der Waals surface area contributed by atoms with Gasteiger partial charge in [0.2, 0.25) is 0 Å². The van der Waals surface area contributed by atoms with Crippen molar-refractivity contribution in [3.63, 3.8) is 0 Å². The summed E-state index contributed by atoms with van der Waals surface area (Å²) in [5.74, 6) is -2.84. The van der Waals surface area contributed by atoms with Crippen molar-refractivity contribution in [1.82, 2.24) is 0 Å². The second-order valence-electron chi connectivity index (χ2n) is 3.48. The molecule has 0 aromatic heterocycles. The molecular weight excluding hydrogens is 260 g/mol. The zero-order valence-electron chi connectivity index (χ0n) is 9.84. The third-order valence-corrected chi connectivity index (χ3v) is 3.24. The smallest absolute Gasteiger partial charge is 0.379 e. The maximum Gasteiger partial charge on any atom is 0.379 e. The number of hydrogen-bond donors (Lipinski definition) is 1. The Morgan fingerprint density at radius 2 is 1.94 bits per heavy atom. The lowest BCUT2D eigenvalue weighted by molar-refractivity contribution is -0.137. The molecule has 0 amide bonds. The second kappa shape index (κ2) is 5.18. The molecule has 0 aliphatic carbocycles. The topological polar surface area (TPSA) is 97.7 Å². The van der Waals surface area contributed by atoms with Crippen LogP contribution in [0.4, 0.5) is 0 Å². The number of benzene rings is 1. The first-order valence-electron chi connectivity index (χ1n) is 5.02. The maximum absolute atomic E-state index is 11.7. The van der Waals surface area contributed by atoms with Crippen molar-refractivity contribution >= 4 is 21.6 Å². The molecule has 0 fully saturated rings. The van der Waals surface area contributed by atoms with Crippen LogP contribution in [0.5, 0.6) is 5.75 Å². The maximum atomic E-state index is 11.7. The van der Waals surface area contributed by atoms with Gasteiger partial charge in [-0.15, -0.1) is 0 Å². The van der Waals surface area contributed by atoms with E-state index in [0.717, 1.165) is 18.4 Å². The summed E-state index contributed by atoms with van der Waals surface area (Å²) in [4.78, 5) is 22.4. The number of sulfone groups is 1. The number of hydrogen-bond acceptors (Lipinski definition) is 6. The van der Waals surface area contributed by atoms with Gasteiger partial charge in [0.25, 0.3) is 5.78 Å². The fourth-order valence-electron chi connectivity index (χ4n) is 1.40. The molecule has 0 saturated heterocycles. The standard InChI is InChI=1S/C11H12O6S/c1-3-17-11(14)9(13)7-5-4-6-8(12)10(7)18(2,15)16/h4-6,12H,3H2,1-2H3. The van der Waals surface area contributed by atoms with Crippen molar-refractivity contribution in [3.8, 4) is 5.75 Å². The summed E-state index contributed by atoms with van der Waals surface area (Å²) >= 11 is 0. The number of phenolic OH excluding ortho intramolecular Hbond substituents is 1. The first-order chi connectivity index (χ1) is 8.29. The van der Waals surface area contributed by atoms with Gasteiger partial charge in [0.15, 0.2) is 9.84 Å². The Morgan fingerprint density at radius 3 is 2.44 bits per heavy atom. The summed E-state index contributed by atoms with van der Waals surface area (Å²) in [5, 5.41) is 9.50. The van der Waals surface area contributed by atoms with E-state index in [1.54, 1.807) is 0 Å². The number of ether oxygens (including phenoxy) is 1. The third kappa shape index (κ3) is 2.86. The van der Waals surface area contributed by atoms with Crippen LogP contribution in [0.2, 0.25) is 0 Å². The molecule has 6 nitrogen and oxygen atoms in total. The van der Waals surface area contributed by atoms with Crippen LogP contribution in [0.3, 0.4) is 0 Å². The Balaban J connectivity index is 3.39. The predicted octanol–water partition coefficient (Wildman–Crippen LogP) is 0.542. The van der Waals surface area contributed by atoms with E-state index in [0.29, 0.717) is 0 Å². The summed E-state index contributed by atoms with van der Waals surface area (Å²) < 4.78 is 27.5. The lowest BCUT2D eigenvalue weighted by Crippen LogP contribution is -2.20. The quantitative estimate of drug-likeness (QED) is 0.488. The van der Waals surface area contributed by atoms with Crippen LogP contribution in [0.25, 0.3) is 0 Å². The van der Waals surface area contributed by atoms with Crippen LogP contribution in [-0.2, 0) is 19.4 Å². The minimum Gasteiger partial charge on any atom is -0.507 e. The summed E-state index contributed by atoms with van der Waals surface area (Å²) in [6.45, 7) is 1.52. The summed E-state index contributed by atoms with van der Waals surface area (Å²) in [5.41, 5.74) is -0.393. The van der Waals surface area contributed by atoms with Crippen LogP contribution in [-0.4, -0.2) is 38.1 Å². The number of phenols is 1. The van der Waals surface area contributed by atoms with E-state index in [9.17, 15) is 23.1 Å². The van der Waals surface area contributed by atoms with Gasteiger partial charge in [-0.3, -0.25) is 4.79 Å². The molecule has 1 aromatic rings. The van der Waals surface area contributed by atoms with Crippen molar-refractivity contribution in [2.24, 2.45) is 0 Å². The molecule has 1 rings (SSSR count). The molecule has 0 radical (unpaired) electrons. The first-order valence-corrected chi connectivity index (χ1v) is 6.91. The van der Waals surface area contributed by atoms with Gasteiger partial charge in [-0.05, 0) is 19.1 Å². The summed E-state index contributed by atoms with van der Waals surface area (Å²) in [6.07, 6.45) is 0.837. The SMILES string of the molecule is CCOC(=O)C(=O)c1cccc(O)c1S(C)(=O)=O. The molecular formula is C11H12O6S. The first kappa shape index (κ1) is 14.2. The van der Waals surface area contributed by atoms with Crippen molar-refractivity contribution in [2.45, 2.75) is 11.8 Å². The highest BCUT2D eigenvalue weighted by Crippen LogP contribution is 2.26. The largest absolute Gasteiger partial charge is 0.507 e. The fraction of sp³-hybridized carbons (Fsp3) is 0.273. The molecule has 0 heterocycles. The lowest BCUT2D eigenvalue weighted by atomic mass is 10.1. The van der Waals surface area contributed by atoms with E-state index >= 15 is 0 Å². The number of carbonyl (C=O) groups excluding carboxylic acids is 2.